The summed E-state index contributed by atoms with van der Waals surface area (Å²) in [5.74, 6) is -2.53. The lowest BCUT2D eigenvalue weighted by Crippen LogP contribution is -2.37. The maximum absolute atomic E-state index is 12.5. The molecular weight excluding hydrogens is 712 g/mol. The van der Waals surface area contributed by atoms with Crippen molar-refractivity contribution in [3.8, 4) is 0 Å². The Morgan fingerprint density at radius 2 is 0.944 bits per heavy atom. The quantitative estimate of drug-likeness (QED) is 0.174. The molecule has 4 fully saturated rings. The Balaban J connectivity index is 0.812. The summed E-state index contributed by atoms with van der Waals surface area (Å²) < 4.78 is 49.5. The average Bonchev–Trinajstić information content (AvgIpc) is 3.80. The Hall–Kier alpha value is -3.94. The first-order chi connectivity index (χ1) is 25.7. The number of unbranched alkanes of at least 4 members (excludes halogenated alkanes) is 7. The van der Waals surface area contributed by atoms with E-state index in [0.717, 1.165) is 38.5 Å². The minimum absolute atomic E-state index is 0.0557. The summed E-state index contributed by atoms with van der Waals surface area (Å²) in [4.78, 5) is 77.2. The molecule has 18 nitrogen and oxygen atoms in total. The first kappa shape index (κ1) is 39.7. The molecule has 54 heavy (non-hydrogen) atoms. The molecule has 2 N–H and O–H groups in total. The number of aromatic amines is 2. The van der Waals surface area contributed by atoms with E-state index in [4.69, 9.17) is 37.9 Å². The fourth-order valence-corrected chi connectivity index (χ4v) is 7.38. The lowest BCUT2D eigenvalue weighted by atomic mass is 10.1. The van der Waals surface area contributed by atoms with E-state index in [2.05, 4.69) is 9.97 Å². The largest absolute Gasteiger partial charge is 0.463 e. The van der Waals surface area contributed by atoms with E-state index in [-0.39, 0.29) is 38.0 Å². The van der Waals surface area contributed by atoms with Crippen LogP contribution < -0.4 is 22.5 Å². The first-order valence-corrected chi connectivity index (χ1v) is 18.7. The number of rotatable bonds is 17. The van der Waals surface area contributed by atoms with Crippen molar-refractivity contribution in [2.75, 3.05) is 13.2 Å². The molecule has 6 rings (SSSR count). The number of nitrogens with one attached hydrogen (secondary N) is 2. The molecule has 8 atom stereocenters. The zero-order chi connectivity index (χ0) is 38.6. The second-order valence-electron chi connectivity index (χ2n) is 15.0. The van der Waals surface area contributed by atoms with Crippen molar-refractivity contribution in [1.82, 2.24) is 19.1 Å². The van der Waals surface area contributed by atoms with Crippen LogP contribution in [0.25, 0.3) is 0 Å². The third-order valence-corrected chi connectivity index (χ3v) is 9.83. The highest BCUT2D eigenvalue weighted by Gasteiger charge is 2.57. The third kappa shape index (κ3) is 9.64. The van der Waals surface area contributed by atoms with Gasteiger partial charge in [0.1, 0.15) is 49.8 Å². The zero-order valence-corrected chi connectivity index (χ0v) is 31.0. The Kier molecular flexibility index (Phi) is 12.4. The molecule has 0 unspecified atom stereocenters. The summed E-state index contributed by atoms with van der Waals surface area (Å²) in [5.41, 5.74) is -2.32. The van der Waals surface area contributed by atoms with Crippen molar-refractivity contribution in [1.29, 1.82) is 0 Å². The predicted molar refractivity (Wildman–Crippen MR) is 186 cm³/mol. The summed E-state index contributed by atoms with van der Waals surface area (Å²) >= 11 is 0. The molecule has 298 valence electrons. The van der Waals surface area contributed by atoms with Crippen LogP contribution in [-0.4, -0.2) is 92.5 Å². The van der Waals surface area contributed by atoms with Gasteiger partial charge in [0.25, 0.3) is 11.1 Å². The van der Waals surface area contributed by atoms with Gasteiger partial charge < -0.3 is 37.9 Å². The number of H-pyrrole nitrogens is 2. The van der Waals surface area contributed by atoms with Gasteiger partial charge in [-0.2, -0.15) is 0 Å². The number of hydrogen-bond acceptors (Lipinski definition) is 14. The van der Waals surface area contributed by atoms with Crippen molar-refractivity contribution >= 4 is 11.9 Å². The van der Waals surface area contributed by atoms with E-state index in [9.17, 15) is 28.8 Å². The second kappa shape index (κ2) is 16.8. The summed E-state index contributed by atoms with van der Waals surface area (Å²) in [6.07, 6.45) is 4.93. The van der Waals surface area contributed by atoms with Crippen LogP contribution in [0.5, 0.6) is 0 Å². The molecule has 0 aliphatic carbocycles. The van der Waals surface area contributed by atoms with Crippen LogP contribution >= 0.6 is 0 Å². The topological polar surface area (TPSA) is 218 Å². The molecule has 4 saturated heterocycles. The van der Waals surface area contributed by atoms with E-state index >= 15 is 0 Å². The molecule has 0 aromatic carbocycles. The van der Waals surface area contributed by atoms with E-state index in [1.807, 2.05) is 0 Å². The number of carbonyl (C=O) groups is 2. The highest BCUT2D eigenvalue weighted by molar-refractivity contribution is 5.69. The SMILES string of the molecule is CC1(C)O[C@@H]2[C@H](O1)[C@@H](COC(=O)CCCCCCCCCCC(=O)OC[C@H]1O[C@@H](n3ccc(=O)[nH]c3=O)[C@@H]3OC(C)(C)O[C@@H]31)O[C@H]2n1ccc(=O)[nH]c1=O. The lowest BCUT2D eigenvalue weighted by Gasteiger charge is -2.24. The number of esters is 2. The van der Waals surface area contributed by atoms with Gasteiger partial charge in [0, 0.05) is 37.4 Å². The van der Waals surface area contributed by atoms with Crippen molar-refractivity contribution in [2.24, 2.45) is 0 Å². The molecule has 0 spiro atoms. The van der Waals surface area contributed by atoms with Gasteiger partial charge in [-0.3, -0.25) is 38.3 Å². The standard InChI is InChI=1S/C36H50N4O14/c1-35(2)51-27-21(49-31(29(27)53-35)39-17-15-23(41)37-33(39)45)19-47-25(43)13-11-9-7-5-6-8-10-12-14-26(44)48-20-22-28-30(54-36(3,4)52-28)32(50-22)40-18-16-24(42)38-34(40)46/h15-18,21-22,27-32H,5-14,19-20H2,1-4H3,(H,37,41,45)(H,38,42,46)/t21-,22-,27-,28-,29-,30-,31-,32-/m1/s1. The zero-order valence-electron chi connectivity index (χ0n) is 31.0. The number of fused-ring (bicyclic) bond motifs is 2. The predicted octanol–water partition coefficient (Wildman–Crippen LogP) is 1.91. The number of ether oxygens (including phenoxy) is 8. The van der Waals surface area contributed by atoms with Crippen LogP contribution in [0, 0.1) is 0 Å². The molecule has 0 amide bonds. The van der Waals surface area contributed by atoms with Crippen molar-refractivity contribution < 1.29 is 47.5 Å². The smallest absolute Gasteiger partial charge is 0.330 e. The Labute approximate surface area is 310 Å². The van der Waals surface area contributed by atoms with Crippen LogP contribution in [-0.2, 0) is 47.5 Å². The van der Waals surface area contributed by atoms with Crippen LogP contribution in [0.1, 0.15) is 104 Å². The van der Waals surface area contributed by atoms with Crippen LogP contribution in [0.4, 0.5) is 0 Å². The molecule has 2 aromatic heterocycles. The molecule has 0 radical (unpaired) electrons. The van der Waals surface area contributed by atoms with Gasteiger partial charge in [-0.25, -0.2) is 9.59 Å². The highest BCUT2D eigenvalue weighted by atomic mass is 16.8. The van der Waals surface area contributed by atoms with E-state index in [1.165, 1.54) is 33.7 Å². The molecular formula is C36H50N4O14. The number of nitrogens with zero attached hydrogens (tertiary/aromatic N) is 2. The molecule has 6 heterocycles. The van der Waals surface area contributed by atoms with E-state index in [1.54, 1.807) is 27.7 Å². The number of carbonyl (C=O) groups excluding carboxylic acids is 2. The van der Waals surface area contributed by atoms with Gasteiger partial charge in [-0.15, -0.1) is 0 Å². The molecule has 2 aromatic rings. The van der Waals surface area contributed by atoms with Gasteiger partial charge in [0.05, 0.1) is 0 Å². The molecule has 4 aliphatic rings. The Morgan fingerprint density at radius 1 is 0.593 bits per heavy atom. The highest BCUT2D eigenvalue weighted by Crippen LogP contribution is 2.44. The fourth-order valence-electron chi connectivity index (χ4n) is 7.38. The summed E-state index contributed by atoms with van der Waals surface area (Å²) in [6, 6.07) is 2.45. The van der Waals surface area contributed by atoms with Crippen LogP contribution in [0.15, 0.2) is 43.7 Å². The van der Waals surface area contributed by atoms with Crippen molar-refractivity contribution in [3.05, 3.63) is 66.2 Å². The van der Waals surface area contributed by atoms with Crippen LogP contribution in [0.3, 0.4) is 0 Å². The Morgan fingerprint density at radius 3 is 1.31 bits per heavy atom. The molecule has 18 heteroatoms. The van der Waals surface area contributed by atoms with Gasteiger partial charge >= 0.3 is 23.3 Å². The van der Waals surface area contributed by atoms with Crippen molar-refractivity contribution in [3.63, 3.8) is 0 Å². The lowest BCUT2D eigenvalue weighted by molar-refractivity contribution is -0.203. The maximum atomic E-state index is 12.5. The minimum atomic E-state index is -0.919. The fraction of sp³-hybridized carbons (Fsp3) is 0.722. The number of aromatic nitrogens is 4. The van der Waals surface area contributed by atoms with Gasteiger partial charge in [-0.1, -0.05) is 38.5 Å². The molecule has 0 saturated carbocycles. The first-order valence-electron chi connectivity index (χ1n) is 18.7. The molecule has 4 aliphatic heterocycles. The minimum Gasteiger partial charge on any atom is -0.463 e. The van der Waals surface area contributed by atoms with Gasteiger partial charge in [0.15, 0.2) is 24.0 Å². The van der Waals surface area contributed by atoms with E-state index < -0.39 is 83.2 Å². The third-order valence-electron chi connectivity index (χ3n) is 9.83. The van der Waals surface area contributed by atoms with Gasteiger partial charge in [-0.05, 0) is 40.5 Å². The summed E-state index contributed by atoms with van der Waals surface area (Å²) in [6.45, 7) is 6.91. The number of hydrogen-bond donors (Lipinski definition) is 2. The van der Waals surface area contributed by atoms with Crippen LogP contribution in [0.2, 0.25) is 0 Å². The van der Waals surface area contributed by atoms with Crippen molar-refractivity contribution in [2.45, 2.75) is 153 Å². The normalized spacial score (nSPS) is 29.2. The van der Waals surface area contributed by atoms with Gasteiger partial charge in [0.2, 0.25) is 0 Å². The van der Waals surface area contributed by atoms with E-state index in [0.29, 0.717) is 12.8 Å². The summed E-state index contributed by atoms with van der Waals surface area (Å²) in [5, 5.41) is 0. The average molecular weight is 763 g/mol. The monoisotopic (exact) mass is 762 g/mol. The molecule has 0 bridgehead atoms. The maximum Gasteiger partial charge on any atom is 0.330 e. The summed E-state index contributed by atoms with van der Waals surface area (Å²) in [7, 11) is 0. The second-order valence-corrected chi connectivity index (χ2v) is 15.0. The Bertz CT molecular complexity index is 1730.